The standard InChI is InChI=1S/C11H15N5OS/c1-6-14-5-7(10(13)18)11(15-6)16-4-2-3-8(16)9(12)17/h5,8H,2-4H2,1H3,(H2,12,17)(H2,13,18). The van der Waals surface area contributed by atoms with E-state index >= 15 is 0 Å². The van der Waals surface area contributed by atoms with Gasteiger partial charge in [-0.15, -0.1) is 0 Å². The van der Waals surface area contributed by atoms with Crippen LogP contribution in [0.3, 0.4) is 0 Å². The number of nitrogens with two attached hydrogens (primary N) is 2. The molecule has 4 N–H and O–H groups in total. The molecule has 96 valence electrons. The Hall–Kier alpha value is -1.76. The molecule has 1 unspecified atom stereocenters. The zero-order valence-corrected chi connectivity index (χ0v) is 10.9. The second-order valence-corrected chi connectivity index (χ2v) is 4.71. The molecule has 0 saturated carbocycles. The largest absolute Gasteiger partial charge is 0.389 e. The summed E-state index contributed by atoms with van der Waals surface area (Å²) in [5, 5.41) is 0. The van der Waals surface area contributed by atoms with Crippen molar-refractivity contribution >= 4 is 28.9 Å². The highest BCUT2D eigenvalue weighted by Gasteiger charge is 2.31. The molecular formula is C11H15N5OS. The zero-order valence-electron chi connectivity index (χ0n) is 10.1. The molecule has 1 aliphatic rings. The maximum atomic E-state index is 11.4. The monoisotopic (exact) mass is 265 g/mol. The van der Waals surface area contributed by atoms with Crippen molar-refractivity contribution in [1.29, 1.82) is 0 Å². The Bertz CT molecular complexity index is 504. The summed E-state index contributed by atoms with van der Waals surface area (Å²) in [5.41, 5.74) is 11.7. The van der Waals surface area contributed by atoms with Crippen LogP contribution in [0.1, 0.15) is 24.2 Å². The molecule has 0 aliphatic carbocycles. The van der Waals surface area contributed by atoms with Gasteiger partial charge in [0.1, 0.15) is 22.7 Å². The second kappa shape index (κ2) is 4.85. The molecule has 1 fully saturated rings. The summed E-state index contributed by atoms with van der Waals surface area (Å²) in [5.74, 6) is 0.870. The molecule has 1 aromatic rings. The van der Waals surface area contributed by atoms with Crippen LogP contribution in [0, 0.1) is 6.92 Å². The number of primary amides is 1. The third kappa shape index (κ3) is 2.26. The van der Waals surface area contributed by atoms with Gasteiger partial charge in [0, 0.05) is 12.7 Å². The van der Waals surface area contributed by atoms with Gasteiger partial charge in [-0.3, -0.25) is 4.79 Å². The van der Waals surface area contributed by atoms with Gasteiger partial charge < -0.3 is 16.4 Å². The number of carbonyl (C=O) groups is 1. The van der Waals surface area contributed by atoms with Crippen molar-refractivity contribution < 1.29 is 4.79 Å². The van der Waals surface area contributed by atoms with Crippen LogP contribution in [0.4, 0.5) is 5.82 Å². The molecule has 1 atom stereocenters. The van der Waals surface area contributed by atoms with E-state index in [1.807, 2.05) is 4.90 Å². The summed E-state index contributed by atoms with van der Waals surface area (Å²) >= 11 is 4.99. The normalized spacial score (nSPS) is 18.9. The van der Waals surface area contributed by atoms with Crippen LogP contribution in [0.15, 0.2) is 6.20 Å². The van der Waals surface area contributed by atoms with Crippen LogP contribution < -0.4 is 16.4 Å². The Morgan fingerprint density at radius 2 is 2.28 bits per heavy atom. The predicted octanol–water partition coefficient (Wildman–Crippen LogP) is -0.127. The Labute approximate surface area is 110 Å². The molecule has 1 aliphatic heterocycles. The number of thiocarbonyl (C=S) groups is 1. The smallest absolute Gasteiger partial charge is 0.240 e. The summed E-state index contributed by atoms with van der Waals surface area (Å²) in [7, 11) is 0. The quantitative estimate of drug-likeness (QED) is 0.739. The molecular weight excluding hydrogens is 250 g/mol. The van der Waals surface area contributed by atoms with Crippen LogP contribution in [0.5, 0.6) is 0 Å². The van der Waals surface area contributed by atoms with E-state index in [2.05, 4.69) is 9.97 Å². The summed E-state index contributed by atoms with van der Waals surface area (Å²) in [6, 6.07) is -0.340. The van der Waals surface area contributed by atoms with Crippen molar-refractivity contribution in [3.8, 4) is 0 Å². The van der Waals surface area contributed by atoms with Crippen LogP contribution in [0.25, 0.3) is 0 Å². The Balaban J connectivity index is 2.46. The average molecular weight is 265 g/mol. The van der Waals surface area contributed by atoms with Gasteiger partial charge in [0.25, 0.3) is 0 Å². The molecule has 1 saturated heterocycles. The van der Waals surface area contributed by atoms with Gasteiger partial charge in [0.05, 0.1) is 5.56 Å². The number of aromatic nitrogens is 2. The van der Waals surface area contributed by atoms with Gasteiger partial charge in [0.2, 0.25) is 5.91 Å². The summed E-state index contributed by atoms with van der Waals surface area (Å²) in [4.78, 5) is 21.9. The van der Waals surface area contributed by atoms with Crippen LogP contribution in [0.2, 0.25) is 0 Å². The first-order valence-electron chi connectivity index (χ1n) is 5.70. The summed E-state index contributed by atoms with van der Waals surface area (Å²) in [6.07, 6.45) is 3.22. The highest BCUT2D eigenvalue weighted by atomic mass is 32.1. The van der Waals surface area contributed by atoms with E-state index in [1.165, 1.54) is 0 Å². The van der Waals surface area contributed by atoms with Crippen LogP contribution >= 0.6 is 12.2 Å². The van der Waals surface area contributed by atoms with Gasteiger partial charge >= 0.3 is 0 Å². The van der Waals surface area contributed by atoms with Gasteiger partial charge in [-0.05, 0) is 19.8 Å². The van der Waals surface area contributed by atoms with Crippen molar-refractivity contribution in [2.75, 3.05) is 11.4 Å². The molecule has 0 bridgehead atoms. The molecule has 2 heterocycles. The van der Waals surface area contributed by atoms with Gasteiger partial charge in [-0.2, -0.15) is 0 Å². The molecule has 18 heavy (non-hydrogen) atoms. The van der Waals surface area contributed by atoms with Crippen LogP contribution in [-0.2, 0) is 4.79 Å². The first-order valence-corrected chi connectivity index (χ1v) is 6.11. The lowest BCUT2D eigenvalue weighted by atomic mass is 10.2. The van der Waals surface area contributed by atoms with Crippen molar-refractivity contribution in [2.24, 2.45) is 11.5 Å². The first-order chi connectivity index (χ1) is 8.50. The number of aryl methyl sites for hydroxylation is 1. The molecule has 0 aromatic carbocycles. The Morgan fingerprint density at radius 1 is 1.56 bits per heavy atom. The molecule has 7 heteroatoms. The predicted molar refractivity (Wildman–Crippen MR) is 72.2 cm³/mol. The minimum Gasteiger partial charge on any atom is -0.389 e. The van der Waals surface area contributed by atoms with E-state index < -0.39 is 0 Å². The van der Waals surface area contributed by atoms with Crippen molar-refractivity contribution in [1.82, 2.24) is 9.97 Å². The number of carbonyl (C=O) groups excluding carboxylic acids is 1. The number of hydrogen-bond acceptors (Lipinski definition) is 5. The van der Waals surface area contributed by atoms with E-state index in [-0.39, 0.29) is 16.9 Å². The zero-order chi connectivity index (χ0) is 13.3. The SMILES string of the molecule is Cc1ncc(C(N)=S)c(N2CCCC2C(N)=O)n1. The van der Waals surface area contributed by atoms with E-state index in [1.54, 1.807) is 13.1 Å². The van der Waals surface area contributed by atoms with Gasteiger partial charge in [-0.1, -0.05) is 12.2 Å². The number of hydrogen-bond donors (Lipinski definition) is 2. The molecule has 0 radical (unpaired) electrons. The number of rotatable bonds is 3. The van der Waals surface area contributed by atoms with E-state index in [0.29, 0.717) is 17.2 Å². The van der Waals surface area contributed by atoms with Crippen molar-refractivity contribution in [2.45, 2.75) is 25.8 Å². The van der Waals surface area contributed by atoms with Crippen molar-refractivity contribution in [3.63, 3.8) is 0 Å². The lowest BCUT2D eigenvalue weighted by molar-refractivity contribution is -0.119. The van der Waals surface area contributed by atoms with E-state index in [0.717, 1.165) is 19.4 Å². The first kappa shape index (κ1) is 12.7. The summed E-state index contributed by atoms with van der Waals surface area (Å²) < 4.78 is 0. The molecule has 0 spiro atoms. The third-order valence-corrected chi connectivity index (χ3v) is 3.23. The Morgan fingerprint density at radius 3 is 2.89 bits per heavy atom. The fourth-order valence-electron chi connectivity index (χ4n) is 2.17. The maximum Gasteiger partial charge on any atom is 0.240 e. The third-order valence-electron chi connectivity index (χ3n) is 3.01. The van der Waals surface area contributed by atoms with Gasteiger partial charge in [-0.25, -0.2) is 9.97 Å². The lowest BCUT2D eigenvalue weighted by Gasteiger charge is -2.25. The van der Waals surface area contributed by atoms with E-state index in [4.69, 9.17) is 23.7 Å². The van der Waals surface area contributed by atoms with Crippen molar-refractivity contribution in [3.05, 3.63) is 17.6 Å². The average Bonchev–Trinajstić information content (AvgIpc) is 2.77. The summed E-state index contributed by atoms with van der Waals surface area (Å²) in [6.45, 7) is 2.50. The Kier molecular flexibility index (Phi) is 3.42. The number of amides is 1. The topological polar surface area (TPSA) is 98.1 Å². The maximum absolute atomic E-state index is 11.4. The molecule has 6 nitrogen and oxygen atoms in total. The fraction of sp³-hybridized carbons (Fsp3) is 0.455. The molecule has 2 rings (SSSR count). The number of anilines is 1. The van der Waals surface area contributed by atoms with Gasteiger partial charge in [0.15, 0.2) is 0 Å². The number of nitrogens with zero attached hydrogens (tertiary/aromatic N) is 3. The second-order valence-electron chi connectivity index (χ2n) is 4.27. The van der Waals surface area contributed by atoms with Crippen LogP contribution in [-0.4, -0.2) is 33.5 Å². The highest BCUT2D eigenvalue weighted by Crippen LogP contribution is 2.26. The lowest BCUT2D eigenvalue weighted by Crippen LogP contribution is -2.41. The molecule has 1 aromatic heterocycles. The minimum absolute atomic E-state index is 0.222. The fourth-order valence-corrected chi connectivity index (χ4v) is 2.31. The van der Waals surface area contributed by atoms with E-state index in [9.17, 15) is 4.79 Å². The highest BCUT2D eigenvalue weighted by molar-refractivity contribution is 7.80. The molecule has 1 amide bonds. The minimum atomic E-state index is -0.349.